The molecule has 0 radical (unpaired) electrons. The highest BCUT2D eigenvalue weighted by atomic mass is 32.1. The van der Waals surface area contributed by atoms with E-state index in [1.54, 1.807) is 17.7 Å². The Labute approximate surface area is 174 Å². The van der Waals surface area contributed by atoms with Gasteiger partial charge < -0.3 is 0 Å². The Kier molecular flexibility index (Phi) is 4.18. The van der Waals surface area contributed by atoms with Crippen LogP contribution in [0.15, 0.2) is 72.5 Å². The van der Waals surface area contributed by atoms with Crippen molar-refractivity contribution < 1.29 is 0 Å². The predicted octanol–water partition coefficient (Wildman–Crippen LogP) is 6.87. The molecule has 0 bridgehead atoms. The maximum atomic E-state index is 4.61. The van der Waals surface area contributed by atoms with E-state index in [4.69, 9.17) is 0 Å². The van der Waals surface area contributed by atoms with E-state index in [1.807, 2.05) is 12.3 Å². The minimum Gasteiger partial charge on any atom is -0.245 e. The summed E-state index contributed by atoms with van der Waals surface area (Å²) in [6.45, 7) is 6.77. The van der Waals surface area contributed by atoms with Crippen molar-refractivity contribution in [2.75, 3.05) is 0 Å². The topological polar surface area (TPSA) is 38.7 Å². The number of hydrogen-bond acceptors (Lipinski definition) is 4. The quantitative estimate of drug-likeness (QED) is 0.327. The molecule has 0 atom stereocenters. The second kappa shape index (κ2) is 6.75. The van der Waals surface area contributed by atoms with Crippen molar-refractivity contribution in [2.24, 2.45) is 0 Å². The van der Waals surface area contributed by atoms with E-state index in [-0.39, 0.29) is 5.41 Å². The van der Waals surface area contributed by atoms with Gasteiger partial charge in [-0.1, -0.05) is 45.0 Å². The zero-order valence-corrected chi connectivity index (χ0v) is 17.5. The van der Waals surface area contributed by atoms with E-state index >= 15 is 0 Å². The Morgan fingerprint density at radius 3 is 2.48 bits per heavy atom. The van der Waals surface area contributed by atoms with E-state index < -0.39 is 0 Å². The summed E-state index contributed by atoms with van der Waals surface area (Å²) in [6, 6.07) is 19.3. The van der Waals surface area contributed by atoms with Crippen molar-refractivity contribution in [3.05, 3.63) is 78.1 Å². The molecule has 3 nitrogen and oxygen atoms in total. The average Bonchev–Trinajstić information content (AvgIpc) is 3.21. The SMILES string of the molecule is CC(C)(C)c1cc(-c2cc(-c3ccnc4sccc34)ncn2)cc2ccccc12. The standard InChI is InChI=1S/C25H21N3S/c1-25(2,3)21-13-17(12-16-6-4-5-7-18(16)21)22-14-23(28-15-27-22)19-8-10-26-24-20(19)9-11-29-24/h4-15H,1-3H3. The first-order valence-corrected chi connectivity index (χ1v) is 10.6. The Balaban J connectivity index is 1.70. The van der Waals surface area contributed by atoms with Gasteiger partial charge in [-0.15, -0.1) is 11.3 Å². The van der Waals surface area contributed by atoms with Gasteiger partial charge in [-0.3, -0.25) is 0 Å². The van der Waals surface area contributed by atoms with Crippen LogP contribution in [0.4, 0.5) is 0 Å². The minimum atomic E-state index is 0.0411. The predicted molar refractivity (Wildman–Crippen MR) is 122 cm³/mol. The first kappa shape index (κ1) is 18.0. The van der Waals surface area contributed by atoms with E-state index in [9.17, 15) is 0 Å². The summed E-state index contributed by atoms with van der Waals surface area (Å²) in [5.74, 6) is 0. The largest absolute Gasteiger partial charge is 0.245 e. The first-order valence-electron chi connectivity index (χ1n) is 9.69. The van der Waals surface area contributed by atoms with Crippen LogP contribution in [0, 0.1) is 0 Å². The number of thiophene rings is 1. The van der Waals surface area contributed by atoms with Crippen molar-refractivity contribution in [3.8, 4) is 22.5 Å². The molecule has 2 aromatic carbocycles. The molecule has 3 heterocycles. The highest BCUT2D eigenvalue weighted by molar-refractivity contribution is 7.16. The third-order valence-corrected chi connectivity index (χ3v) is 6.10. The van der Waals surface area contributed by atoms with Crippen molar-refractivity contribution in [1.29, 1.82) is 0 Å². The fourth-order valence-electron chi connectivity index (χ4n) is 3.84. The van der Waals surface area contributed by atoms with Crippen molar-refractivity contribution in [2.45, 2.75) is 26.2 Å². The van der Waals surface area contributed by atoms with Gasteiger partial charge in [-0.2, -0.15) is 0 Å². The molecule has 5 rings (SSSR count). The zero-order chi connectivity index (χ0) is 20.0. The molecule has 0 saturated carbocycles. The van der Waals surface area contributed by atoms with Gasteiger partial charge in [0.25, 0.3) is 0 Å². The molecular formula is C25H21N3S. The zero-order valence-electron chi connectivity index (χ0n) is 16.7. The molecule has 0 spiro atoms. The third-order valence-electron chi connectivity index (χ3n) is 5.28. The summed E-state index contributed by atoms with van der Waals surface area (Å²) >= 11 is 1.65. The summed E-state index contributed by atoms with van der Waals surface area (Å²) in [6.07, 6.45) is 3.51. The van der Waals surface area contributed by atoms with E-state index in [2.05, 4.69) is 89.6 Å². The van der Waals surface area contributed by atoms with Crippen LogP contribution in [0.25, 0.3) is 43.5 Å². The maximum Gasteiger partial charge on any atom is 0.123 e. The fraction of sp³-hybridized carbons (Fsp3) is 0.160. The van der Waals surface area contributed by atoms with Gasteiger partial charge in [0.05, 0.1) is 11.4 Å². The number of pyridine rings is 1. The van der Waals surface area contributed by atoms with Gasteiger partial charge >= 0.3 is 0 Å². The van der Waals surface area contributed by atoms with Gasteiger partial charge in [0, 0.05) is 22.7 Å². The van der Waals surface area contributed by atoms with Gasteiger partial charge in [0.1, 0.15) is 11.2 Å². The lowest BCUT2D eigenvalue weighted by Crippen LogP contribution is -2.12. The molecule has 0 saturated heterocycles. The van der Waals surface area contributed by atoms with Crippen LogP contribution in [0.5, 0.6) is 0 Å². The molecule has 0 aliphatic heterocycles. The monoisotopic (exact) mass is 395 g/mol. The van der Waals surface area contributed by atoms with Crippen LogP contribution in [-0.2, 0) is 5.41 Å². The molecular weight excluding hydrogens is 374 g/mol. The summed E-state index contributed by atoms with van der Waals surface area (Å²) in [5, 5.41) is 5.74. The second-order valence-corrected chi connectivity index (χ2v) is 9.18. The molecule has 5 aromatic rings. The lowest BCUT2D eigenvalue weighted by Gasteiger charge is -2.22. The number of nitrogens with zero attached hydrogens (tertiary/aromatic N) is 3. The van der Waals surface area contributed by atoms with E-state index in [0.717, 1.165) is 32.7 Å². The average molecular weight is 396 g/mol. The van der Waals surface area contributed by atoms with Crippen LogP contribution in [0.2, 0.25) is 0 Å². The number of fused-ring (bicyclic) bond motifs is 2. The Hall–Kier alpha value is -3.11. The molecule has 0 fully saturated rings. The van der Waals surface area contributed by atoms with Gasteiger partial charge in [0.2, 0.25) is 0 Å². The summed E-state index contributed by atoms with van der Waals surface area (Å²) in [7, 11) is 0. The molecule has 3 aromatic heterocycles. The highest BCUT2D eigenvalue weighted by Gasteiger charge is 2.19. The van der Waals surface area contributed by atoms with Crippen molar-refractivity contribution >= 4 is 32.3 Å². The van der Waals surface area contributed by atoms with Crippen LogP contribution < -0.4 is 0 Å². The van der Waals surface area contributed by atoms with Gasteiger partial charge in [-0.05, 0) is 57.5 Å². The molecule has 0 aliphatic carbocycles. The highest BCUT2D eigenvalue weighted by Crippen LogP contribution is 2.35. The fourth-order valence-corrected chi connectivity index (χ4v) is 4.60. The number of aromatic nitrogens is 3. The molecule has 4 heteroatoms. The third kappa shape index (κ3) is 3.19. The van der Waals surface area contributed by atoms with Crippen molar-refractivity contribution in [1.82, 2.24) is 15.0 Å². The molecule has 0 amide bonds. The normalized spacial score (nSPS) is 12.0. The molecule has 0 aliphatic rings. The first-order chi connectivity index (χ1) is 14.0. The molecule has 29 heavy (non-hydrogen) atoms. The van der Waals surface area contributed by atoms with Crippen LogP contribution in [0.3, 0.4) is 0 Å². The minimum absolute atomic E-state index is 0.0411. The number of hydrogen-bond donors (Lipinski definition) is 0. The maximum absolute atomic E-state index is 4.61. The number of benzene rings is 2. The van der Waals surface area contributed by atoms with Gasteiger partial charge in [-0.25, -0.2) is 15.0 Å². The van der Waals surface area contributed by atoms with Gasteiger partial charge in [0.15, 0.2) is 0 Å². The molecule has 142 valence electrons. The van der Waals surface area contributed by atoms with Crippen LogP contribution >= 0.6 is 11.3 Å². The number of rotatable bonds is 2. The molecule has 0 unspecified atom stereocenters. The summed E-state index contributed by atoms with van der Waals surface area (Å²) in [4.78, 5) is 14.7. The smallest absolute Gasteiger partial charge is 0.123 e. The lowest BCUT2D eigenvalue weighted by atomic mass is 9.82. The Morgan fingerprint density at radius 1 is 0.793 bits per heavy atom. The van der Waals surface area contributed by atoms with E-state index in [0.29, 0.717) is 0 Å². The van der Waals surface area contributed by atoms with Crippen LogP contribution in [0.1, 0.15) is 26.3 Å². The Bertz CT molecular complexity index is 1350. The summed E-state index contributed by atoms with van der Waals surface area (Å²) < 4.78 is 0. The second-order valence-electron chi connectivity index (χ2n) is 8.28. The summed E-state index contributed by atoms with van der Waals surface area (Å²) in [5.41, 5.74) is 5.44. The Morgan fingerprint density at radius 2 is 1.62 bits per heavy atom. The van der Waals surface area contributed by atoms with Crippen molar-refractivity contribution in [3.63, 3.8) is 0 Å². The lowest BCUT2D eigenvalue weighted by molar-refractivity contribution is 0.596. The van der Waals surface area contributed by atoms with E-state index in [1.165, 1.54) is 16.3 Å². The van der Waals surface area contributed by atoms with Crippen LogP contribution in [-0.4, -0.2) is 15.0 Å². The molecule has 0 N–H and O–H groups in total.